The Hall–Kier alpha value is -1.56. The Morgan fingerprint density at radius 2 is 2.25 bits per heavy atom. The maximum absolute atomic E-state index is 12.2. The molecule has 1 aromatic heterocycles. The molecule has 1 unspecified atom stereocenters. The van der Waals surface area contributed by atoms with Crippen molar-refractivity contribution in [3.63, 3.8) is 0 Å². The second-order valence-electron chi connectivity index (χ2n) is 7.09. The number of amides is 1. The van der Waals surface area contributed by atoms with Crippen LogP contribution in [0.25, 0.3) is 0 Å². The molecule has 0 spiro atoms. The third-order valence-electron chi connectivity index (χ3n) is 3.78. The van der Waals surface area contributed by atoms with Crippen LogP contribution in [0.4, 0.5) is 4.79 Å². The van der Waals surface area contributed by atoms with Gasteiger partial charge in [0.1, 0.15) is 5.60 Å². The third kappa shape index (κ3) is 6.51. The molecule has 1 amide bonds. The SMILES string of the molecule is CC(C)(C)OC(=O)N1CCCC(CCCOc2ccnc(Cl)n2)C1. The number of carbonyl (C=O) groups is 1. The number of hydrogen-bond donors (Lipinski definition) is 0. The van der Waals surface area contributed by atoms with Gasteiger partial charge in [0.25, 0.3) is 0 Å². The minimum absolute atomic E-state index is 0.188. The van der Waals surface area contributed by atoms with Crippen molar-refractivity contribution in [3.05, 3.63) is 17.5 Å². The van der Waals surface area contributed by atoms with Gasteiger partial charge in [0.2, 0.25) is 11.2 Å². The molecule has 1 saturated heterocycles. The zero-order valence-electron chi connectivity index (χ0n) is 14.6. The number of hydrogen-bond acceptors (Lipinski definition) is 5. The lowest BCUT2D eigenvalue weighted by Crippen LogP contribution is -2.42. The first-order valence-electron chi connectivity index (χ1n) is 8.43. The first-order chi connectivity index (χ1) is 11.3. The summed E-state index contributed by atoms with van der Waals surface area (Å²) in [6, 6.07) is 1.69. The summed E-state index contributed by atoms with van der Waals surface area (Å²) in [5.41, 5.74) is -0.448. The van der Waals surface area contributed by atoms with Gasteiger partial charge in [0, 0.05) is 25.4 Å². The molecule has 0 aromatic carbocycles. The number of carbonyl (C=O) groups excluding carboxylic acids is 1. The van der Waals surface area contributed by atoms with Crippen molar-refractivity contribution in [3.8, 4) is 5.88 Å². The van der Waals surface area contributed by atoms with E-state index >= 15 is 0 Å². The Morgan fingerprint density at radius 1 is 1.46 bits per heavy atom. The maximum Gasteiger partial charge on any atom is 0.410 e. The first-order valence-corrected chi connectivity index (χ1v) is 8.80. The van der Waals surface area contributed by atoms with Crippen molar-refractivity contribution in [2.75, 3.05) is 19.7 Å². The Kier molecular flexibility index (Phi) is 6.66. The van der Waals surface area contributed by atoms with E-state index in [0.717, 1.165) is 38.8 Å². The zero-order chi connectivity index (χ0) is 17.6. The smallest absolute Gasteiger partial charge is 0.410 e. The average Bonchev–Trinajstić information content (AvgIpc) is 2.50. The van der Waals surface area contributed by atoms with Crippen LogP contribution in [0, 0.1) is 5.92 Å². The van der Waals surface area contributed by atoms with E-state index in [1.165, 1.54) is 0 Å². The molecular weight excluding hydrogens is 330 g/mol. The average molecular weight is 356 g/mol. The predicted octanol–water partition coefficient (Wildman–Crippen LogP) is 3.94. The number of piperidine rings is 1. The van der Waals surface area contributed by atoms with Crippen molar-refractivity contribution >= 4 is 17.7 Å². The second kappa shape index (κ2) is 8.51. The van der Waals surface area contributed by atoms with Gasteiger partial charge in [0.05, 0.1) is 6.61 Å². The summed E-state index contributed by atoms with van der Waals surface area (Å²) in [4.78, 5) is 21.8. The van der Waals surface area contributed by atoms with Gasteiger partial charge in [-0.3, -0.25) is 0 Å². The number of halogens is 1. The topological polar surface area (TPSA) is 64.5 Å². The van der Waals surface area contributed by atoms with Crippen molar-refractivity contribution in [1.82, 2.24) is 14.9 Å². The second-order valence-corrected chi connectivity index (χ2v) is 7.43. The van der Waals surface area contributed by atoms with Crippen LogP contribution in [-0.4, -0.2) is 46.3 Å². The van der Waals surface area contributed by atoms with Crippen molar-refractivity contribution < 1.29 is 14.3 Å². The van der Waals surface area contributed by atoms with Crippen LogP contribution in [0.15, 0.2) is 12.3 Å². The molecule has 1 fully saturated rings. The van der Waals surface area contributed by atoms with Gasteiger partial charge in [-0.05, 0) is 64.0 Å². The highest BCUT2D eigenvalue weighted by atomic mass is 35.5. The molecule has 2 heterocycles. The van der Waals surface area contributed by atoms with Crippen LogP contribution in [0.1, 0.15) is 46.5 Å². The van der Waals surface area contributed by atoms with Gasteiger partial charge in [-0.15, -0.1) is 0 Å². The summed E-state index contributed by atoms with van der Waals surface area (Å²) in [5.74, 6) is 0.984. The molecule has 134 valence electrons. The lowest BCUT2D eigenvalue weighted by atomic mass is 9.94. The van der Waals surface area contributed by atoms with Crippen LogP contribution >= 0.6 is 11.6 Å². The minimum atomic E-state index is -0.448. The van der Waals surface area contributed by atoms with Gasteiger partial charge in [-0.2, -0.15) is 4.98 Å². The molecule has 0 bridgehead atoms. The zero-order valence-corrected chi connectivity index (χ0v) is 15.4. The number of nitrogens with zero attached hydrogens (tertiary/aromatic N) is 3. The highest BCUT2D eigenvalue weighted by molar-refractivity contribution is 6.28. The quantitative estimate of drug-likeness (QED) is 0.591. The van der Waals surface area contributed by atoms with E-state index in [1.807, 2.05) is 25.7 Å². The number of ether oxygens (including phenoxy) is 2. The lowest BCUT2D eigenvalue weighted by Gasteiger charge is -2.34. The Bertz CT molecular complexity index is 548. The van der Waals surface area contributed by atoms with Crippen LogP contribution in [0.2, 0.25) is 5.28 Å². The molecule has 24 heavy (non-hydrogen) atoms. The van der Waals surface area contributed by atoms with E-state index in [-0.39, 0.29) is 11.4 Å². The largest absolute Gasteiger partial charge is 0.478 e. The van der Waals surface area contributed by atoms with E-state index in [0.29, 0.717) is 18.4 Å². The molecule has 1 atom stereocenters. The van der Waals surface area contributed by atoms with Crippen molar-refractivity contribution in [2.24, 2.45) is 5.92 Å². The van der Waals surface area contributed by atoms with Gasteiger partial charge < -0.3 is 14.4 Å². The van der Waals surface area contributed by atoms with Gasteiger partial charge in [-0.25, -0.2) is 9.78 Å². The fourth-order valence-corrected chi connectivity index (χ4v) is 2.88. The van der Waals surface area contributed by atoms with Gasteiger partial charge in [0.15, 0.2) is 0 Å². The molecule has 6 nitrogen and oxygen atoms in total. The van der Waals surface area contributed by atoms with Crippen LogP contribution < -0.4 is 4.74 Å². The van der Waals surface area contributed by atoms with Crippen molar-refractivity contribution in [2.45, 2.75) is 52.1 Å². The molecule has 0 N–H and O–H groups in total. The molecule has 1 aliphatic rings. The standard InChI is InChI=1S/C17H26ClN3O3/c1-17(2,3)24-16(22)21-10-4-6-13(12-21)7-5-11-23-14-8-9-19-15(18)20-14/h8-9,13H,4-7,10-12H2,1-3H3. The normalized spacial score (nSPS) is 18.3. The lowest BCUT2D eigenvalue weighted by molar-refractivity contribution is 0.0159. The summed E-state index contributed by atoms with van der Waals surface area (Å²) in [5, 5.41) is 0.188. The van der Waals surface area contributed by atoms with E-state index in [2.05, 4.69) is 9.97 Å². The summed E-state index contributed by atoms with van der Waals surface area (Å²) < 4.78 is 11.0. The molecule has 2 rings (SSSR count). The van der Waals surface area contributed by atoms with Crippen LogP contribution in [0.3, 0.4) is 0 Å². The molecule has 0 aliphatic carbocycles. The van der Waals surface area contributed by atoms with Crippen molar-refractivity contribution in [1.29, 1.82) is 0 Å². The maximum atomic E-state index is 12.2. The number of likely N-dealkylation sites (tertiary alicyclic amines) is 1. The fraction of sp³-hybridized carbons (Fsp3) is 0.706. The third-order valence-corrected chi connectivity index (χ3v) is 3.96. The van der Waals surface area contributed by atoms with Gasteiger partial charge >= 0.3 is 6.09 Å². The van der Waals surface area contributed by atoms with E-state index in [9.17, 15) is 4.79 Å². The molecule has 0 radical (unpaired) electrons. The van der Waals surface area contributed by atoms with E-state index in [1.54, 1.807) is 12.3 Å². The minimum Gasteiger partial charge on any atom is -0.478 e. The predicted molar refractivity (Wildman–Crippen MR) is 92.3 cm³/mol. The van der Waals surface area contributed by atoms with Crippen LogP contribution in [-0.2, 0) is 4.74 Å². The summed E-state index contributed by atoms with van der Waals surface area (Å²) >= 11 is 5.72. The molecule has 0 saturated carbocycles. The fourth-order valence-electron chi connectivity index (χ4n) is 2.74. The summed E-state index contributed by atoms with van der Waals surface area (Å²) in [6.07, 6.45) is 5.45. The Labute approximate surface area is 148 Å². The van der Waals surface area contributed by atoms with Gasteiger partial charge in [-0.1, -0.05) is 0 Å². The molecule has 1 aliphatic heterocycles. The summed E-state index contributed by atoms with van der Waals surface area (Å²) in [7, 11) is 0. The highest BCUT2D eigenvalue weighted by Crippen LogP contribution is 2.23. The molecule has 7 heteroatoms. The molecule has 1 aromatic rings. The number of rotatable bonds is 5. The first kappa shape index (κ1) is 18.8. The summed E-state index contributed by atoms with van der Waals surface area (Å²) in [6.45, 7) is 7.79. The number of aromatic nitrogens is 2. The van der Waals surface area contributed by atoms with E-state index in [4.69, 9.17) is 21.1 Å². The Morgan fingerprint density at radius 3 is 2.96 bits per heavy atom. The monoisotopic (exact) mass is 355 g/mol. The highest BCUT2D eigenvalue weighted by Gasteiger charge is 2.27. The van der Waals surface area contributed by atoms with Crippen LogP contribution in [0.5, 0.6) is 5.88 Å². The van der Waals surface area contributed by atoms with E-state index < -0.39 is 5.60 Å². The Balaban J connectivity index is 1.70. The molecular formula is C17H26ClN3O3.